The van der Waals surface area contributed by atoms with Crippen molar-refractivity contribution in [2.75, 3.05) is 31.5 Å². The van der Waals surface area contributed by atoms with Crippen LogP contribution in [0.25, 0.3) is 0 Å². The van der Waals surface area contributed by atoms with E-state index in [-0.39, 0.29) is 52.4 Å². The first kappa shape index (κ1) is 31.7. The van der Waals surface area contributed by atoms with E-state index in [1.54, 1.807) is 13.8 Å². The van der Waals surface area contributed by atoms with Crippen molar-refractivity contribution in [1.82, 2.24) is 9.21 Å². The van der Waals surface area contributed by atoms with Crippen LogP contribution in [-0.4, -0.2) is 75.9 Å². The van der Waals surface area contributed by atoms with Gasteiger partial charge in [0.25, 0.3) is 15.9 Å². The Labute approximate surface area is 249 Å². The maximum Gasteiger partial charge on any atom is 0.261 e. The highest BCUT2D eigenvalue weighted by Gasteiger charge is 2.35. The van der Waals surface area contributed by atoms with Crippen LogP contribution >= 0.6 is 11.6 Å². The molecular weight excluding hydrogens is 609 g/mol. The molecule has 3 atom stereocenters. The van der Waals surface area contributed by atoms with Gasteiger partial charge in [0.2, 0.25) is 10.0 Å². The molecule has 0 spiro atoms. The van der Waals surface area contributed by atoms with Crippen LogP contribution in [0.1, 0.15) is 24.2 Å². The Bertz CT molecular complexity index is 1650. The van der Waals surface area contributed by atoms with Gasteiger partial charge in [0.1, 0.15) is 17.7 Å². The number of nitrogens with zero attached hydrogens (tertiary/aromatic N) is 2. The van der Waals surface area contributed by atoms with E-state index in [0.717, 1.165) is 16.4 Å². The standard InChI is InChI=1S/C28H31ClFN3O7S2/c1-18-15-33(19(2)17-34)28(35)25-14-22(31-41(36,37)23-9-4-20(29)5-10-23)8-13-26(25)40-27(18)16-32(3)42(38,39)24-11-6-21(30)7-12-24/h4-14,18-19,27,31,34H,15-17H2,1-3H3/t18-,19+,27-/m1/s1. The Hall–Kier alpha value is -3.23. The molecule has 42 heavy (non-hydrogen) atoms. The molecule has 226 valence electrons. The van der Waals surface area contributed by atoms with E-state index >= 15 is 0 Å². The number of sulfonamides is 2. The van der Waals surface area contributed by atoms with Crippen LogP contribution in [0.4, 0.5) is 10.1 Å². The summed E-state index contributed by atoms with van der Waals surface area (Å²) < 4.78 is 75.4. The number of rotatable bonds is 9. The number of nitrogens with one attached hydrogen (secondary N) is 1. The maximum absolute atomic E-state index is 13.7. The number of hydrogen-bond donors (Lipinski definition) is 2. The third-order valence-electron chi connectivity index (χ3n) is 7.00. The quantitative estimate of drug-likeness (QED) is 0.364. The van der Waals surface area contributed by atoms with Gasteiger partial charge in [-0.15, -0.1) is 0 Å². The molecule has 0 aromatic heterocycles. The number of fused-ring (bicyclic) bond motifs is 1. The normalized spacial score (nSPS) is 18.5. The molecule has 1 amide bonds. The zero-order chi connectivity index (χ0) is 30.8. The Balaban J connectivity index is 1.68. The Morgan fingerprint density at radius 1 is 1.07 bits per heavy atom. The Morgan fingerprint density at radius 3 is 2.31 bits per heavy atom. The number of likely N-dealkylation sites (N-methyl/N-ethyl adjacent to an activating group) is 1. The summed E-state index contributed by atoms with van der Waals surface area (Å²) in [5.74, 6) is -1.32. The molecule has 1 aliphatic rings. The first-order valence-corrected chi connectivity index (χ1v) is 16.3. The summed E-state index contributed by atoms with van der Waals surface area (Å²) in [7, 11) is -6.64. The van der Waals surface area contributed by atoms with Crippen LogP contribution in [0.5, 0.6) is 5.75 Å². The zero-order valence-corrected chi connectivity index (χ0v) is 25.5. The Kier molecular flexibility index (Phi) is 9.48. The zero-order valence-electron chi connectivity index (χ0n) is 23.1. The number of carbonyl (C=O) groups is 1. The van der Waals surface area contributed by atoms with E-state index in [1.807, 2.05) is 0 Å². The fourth-order valence-corrected chi connectivity index (χ4v) is 6.83. The van der Waals surface area contributed by atoms with Crippen molar-refractivity contribution < 1.29 is 35.9 Å². The number of carbonyl (C=O) groups excluding carboxylic acids is 1. The van der Waals surface area contributed by atoms with Crippen molar-refractivity contribution in [3.63, 3.8) is 0 Å². The van der Waals surface area contributed by atoms with Gasteiger partial charge in [0.15, 0.2) is 0 Å². The molecule has 0 radical (unpaired) electrons. The number of halogens is 2. The van der Waals surface area contributed by atoms with Crippen LogP contribution in [0.15, 0.2) is 76.5 Å². The second kappa shape index (κ2) is 12.6. The highest BCUT2D eigenvalue weighted by Crippen LogP contribution is 2.32. The van der Waals surface area contributed by atoms with Crippen molar-refractivity contribution in [2.45, 2.75) is 35.8 Å². The number of aliphatic hydroxyl groups is 1. The van der Waals surface area contributed by atoms with E-state index in [4.69, 9.17) is 16.3 Å². The summed E-state index contributed by atoms with van der Waals surface area (Å²) in [4.78, 5) is 15.0. The van der Waals surface area contributed by atoms with Gasteiger partial charge in [0.05, 0.1) is 34.5 Å². The average Bonchev–Trinajstić information content (AvgIpc) is 2.95. The maximum atomic E-state index is 13.7. The molecule has 0 saturated carbocycles. The number of anilines is 1. The number of aliphatic hydroxyl groups excluding tert-OH is 1. The van der Waals surface area contributed by atoms with Gasteiger partial charge in [-0.25, -0.2) is 21.2 Å². The van der Waals surface area contributed by atoms with Gasteiger partial charge in [-0.2, -0.15) is 4.31 Å². The SMILES string of the molecule is C[C@@H]1CN([C@@H](C)CO)C(=O)c2cc(NS(=O)(=O)c3ccc(Cl)cc3)ccc2O[C@@H]1CN(C)S(=O)(=O)c1ccc(F)cc1. The third kappa shape index (κ3) is 6.87. The molecule has 0 aliphatic carbocycles. The molecule has 0 fully saturated rings. The predicted molar refractivity (Wildman–Crippen MR) is 156 cm³/mol. The second-order valence-corrected chi connectivity index (χ2v) is 14.3. The van der Waals surface area contributed by atoms with Crippen molar-refractivity contribution >= 4 is 43.2 Å². The van der Waals surface area contributed by atoms with Gasteiger partial charge in [-0.05, 0) is 73.7 Å². The van der Waals surface area contributed by atoms with E-state index in [0.29, 0.717) is 5.02 Å². The first-order chi connectivity index (χ1) is 19.7. The van der Waals surface area contributed by atoms with E-state index in [1.165, 1.54) is 66.5 Å². The van der Waals surface area contributed by atoms with Crippen molar-refractivity contribution in [3.05, 3.63) is 83.1 Å². The summed E-state index contributed by atoms with van der Waals surface area (Å²) in [6.45, 7) is 3.14. The minimum atomic E-state index is -4.02. The molecule has 4 rings (SSSR count). The fraction of sp³-hybridized carbons (Fsp3) is 0.321. The number of benzene rings is 3. The monoisotopic (exact) mass is 639 g/mol. The molecule has 1 heterocycles. The Morgan fingerprint density at radius 2 is 1.69 bits per heavy atom. The summed E-state index contributed by atoms with van der Waals surface area (Å²) in [6, 6.07) is 13.7. The van der Waals surface area contributed by atoms with Gasteiger partial charge < -0.3 is 14.7 Å². The molecule has 0 unspecified atom stereocenters. The van der Waals surface area contributed by atoms with Gasteiger partial charge in [0, 0.05) is 30.2 Å². The summed E-state index contributed by atoms with van der Waals surface area (Å²) in [6.07, 6.45) is -0.748. The predicted octanol–water partition coefficient (Wildman–Crippen LogP) is 3.82. The highest BCUT2D eigenvalue weighted by molar-refractivity contribution is 7.92. The minimum Gasteiger partial charge on any atom is -0.488 e. The van der Waals surface area contributed by atoms with Gasteiger partial charge in [-0.1, -0.05) is 18.5 Å². The van der Waals surface area contributed by atoms with Crippen LogP contribution in [0.3, 0.4) is 0 Å². The van der Waals surface area contributed by atoms with Crippen LogP contribution < -0.4 is 9.46 Å². The van der Waals surface area contributed by atoms with E-state index < -0.39 is 43.9 Å². The first-order valence-electron chi connectivity index (χ1n) is 13.0. The molecule has 0 saturated heterocycles. The molecule has 10 nitrogen and oxygen atoms in total. The second-order valence-electron chi connectivity index (χ2n) is 10.1. The molecule has 14 heteroatoms. The smallest absolute Gasteiger partial charge is 0.261 e. The molecule has 3 aromatic carbocycles. The van der Waals surface area contributed by atoms with Crippen molar-refractivity contribution in [3.8, 4) is 5.75 Å². The van der Waals surface area contributed by atoms with E-state index in [2.05, 4.69) is 4.72 Å². The minimum absolute atomic E-state index is 0.0314. The average molecular weight is 640 g/mol. The largest absolute Gasteiger partial charge is 0.488 e. The molecule has 2 N–H and O–H groups in total. The molecule has 0 bridgehead atoms. The topological polar surface area (TPSA) is 133 Å². The van der Waals surface area contributed by atoms with Crippen LogP contribution in [-0.2, 0) is 20.0 Å². The lowest BCUT2D eigenvalue weighted by atomic mass is 9.99. The number of ether oxygens (including phenoxy) is 1. The number of hydrogen-bond acceptors (Lipinski definition) is 7. The van der Waals surface area contributed by atoms with Crippen LogP contribution in [0, 0.1) is 11.7 Å². The van der Waals surface area contributed by atoms with Gasteiger partial charge >= 0.3 is 0 Å². The lowest BCUT2D eigenvalue weighted by Crippen LogP contribution is -2.50. The third-order valence-corrected chi connectivity index (χ3v) is 10.5. The summed E-state index contributed by atoms with van der Waals surface area (Å²) in [5.41, 5.74) is 0.131. The summed E-state index contributed by atoms with van der Waals surface area (Å²) in [5, 5.41) is 10.2. The lowest BCUT2D eigenvalue weighted by Gasteiger charge is -2.38. The van der Waals surface area contributed by atoms with Crippen molar-refractivity contribution in [1.29, 1.82) is 0 Å². The van der Waals surface area contributed by atoms with Gasteiger partial charge in [-0.3, -0.25) is 9.52 Å². The van der Waals surface area contributed by atoms with Crippen molar-refractivity contribution in [2.24, 2.45) is 5.92 Å². The summed E-state index contributed by atoms with van der Waals surface area (Å²) >= 11 is 5.87. The molecule has 1 aliphatic heterocycles. The molecule has 3 aromatic rings. The van der Waals surface area contributed by atoms with Crippen LogP contribution in [0.2, 0.25) is 5.02 Å². The van der Waals surface area contributed by atoms with E-state index in [9.17, 15) is 31.1 Å². The number of amides is 1. The lowest BCUT2D eigenvalue weighted by molar-refractivity contribution is 0.0387. The highest BCUT2D eigenvalue weighted by atomic mass is 35.5. The fourth-order valence-electron chi connectivity index (χ4n) is 4.47. The molecular formula is C28H31ClFN3O7S2.